The molecule has 1 aliphatic heterocycles. The van der Waals surface area contributed by atoms with Gasteiger partial charge >= 0.3 is 0 Å². The van der Waals surface area contributed by atoms with Crippen molar-refractivity contribution in [1.82, 2.24) is 10.2 Å². The zero-order chi connectivity index (χ0) is 14.3. The summed E-state index contributed by atoms with van der Waals surface area (Å²) in [6.45, 7) is 6.16. The summed E-state index contributed by atoms with van der Waals surface area (Å²) in [5, 5.41) is 2.75. The maximum absolute atomic E-state index is 12.3. The molecule has 2 amide bonds. The minimum atomic E-state index is -0.531. The Labute approximate surface area is 114 Å². The summed E-state index contributed by atoms with van der Waals surface area (Å²) in [5.74, 6) is -0.279. The van der Waals surface area contributed by atoms with E-state index in [9.17, 15) is 9.59 Å². The van der Waals surface area contributed by atoms with Crippen LogP contribution in [0.4, 0.5) is 0 Å². The van der Waals surface area contributed by atoms with E-state index in [0.29, 0.717) is 39.1 Å². The molecule has 1 fully saturated rings. The van der Waals surface area contributed by atoms with Gasteiger partial charge in [-0.05, 0) is 12.8 Å². The molecule has 2 atom stereocenters. The molecule has 0 aliphatic carbocycles. The van der Waals surface area contributed by atoms with Crippen LogP contribution >= 0.6 is 0 Å². The molecule has 19 heavy (non-hydrogen) atoms. The van der Waals surface area contributed by atoms with E-state index < -0.39 is 12.1 Å². The monoisotopic (exact) mass is 271 g/mol. The molecule has 2 unspecified atom stereocenters. The molecule has 0 aromatic carbocycles. The number of rotatable bonds is 6. The summed E-state index contributed by atoms with van der Waals surface area (Å²) in [7, 11) is 0. The van der Waals surface area contributed by atoms with Gasteiger partial charge in [0, 0.05) is 13.1 Å². The topological polar surface area (TPSA) is 84.7 Å². The molecule has 6 heteroatoms. The summed E-state index contributed by atoms with van der Waals surface area (Å²) >= 11 is 0. The molecular formula is C13H25N3O3. The van der Waals surface area contributed by atoms with Crippen LogP contribution in [0.2, 0.25) is 0 Å². The highest BCUT2D eigenvalue weighted by Crippen LogP contribution is 2.04. The second-order valence-corrected chi connectivity index (χ2v) is 4.80. The first-order valence-corrected chi connectivity index (χ1v) is 7.02. The van der Waals surface area contributed by atoms with E-state index in [1.165, 1.54) is 0 Å². The molecule has 0 radical (unpaired) electrons. The van der Waals surface area contributed by atoms with Crippen molar-refractivity contribution < 1.29 is 14.3 Å². The van der Waals surface area contributed by atoms with Gasteiger partial charge in [0.2, 0.25) is 11.8 Å². The number of carbonyl (C=O) groups excluding carboxylic acids is 2. The predicted octanol–water partition coefficient (Wildman–Crippen LogP) is -0.133. The maximum atomic E-state index is 12.3. The highest BCUT2D eigenvalue weighted by atomic mass is 16.5. The lowest BCUT2D eigenvalue weighted by Crippen LogP contribution is -2.54. The molecule has 0 aromatic heterocycles. The van der Waals surface area contributed by atoms with E-state index >= 15 is 0 Å². The van der Waals surface area contributed by atoms with Crippen molar-refractivity contribution in [3.63, 3.8) is 0 Å². The Balaban J connectivity index is 2.51. The largest absolute Gasteiger partial charge is 0.378 e. The van der Waals surface area contributed by atoms with E-state index in [1.54, 1.807) is 4.90 Å². The molecule has 0 bridgehead atoms. The molecule has 0 saturated carbocycles. The van der Waals surface area contributed by atoms with Gasteiger partial charge in [-0.2, -0.15) is 0 Å². The number of amides is 2. The van der Waals surface area contributed by atoms with Crippen LogP contribution in [0.1, 0.15) is 33.1 Å². The van der Waals surface area contributed by atoms with Gasteiger partial charge < -0.3 is 20.7 Å². The first kappa shape index (κ1) is 15.9. The van der Waals surface area contributed by atoms with Crippen LogP contribution in [0, 0.1) is 0 Å². The quantitative estimate of drug-likeness (QED) is 0.704. The van der Waals surface area contributed by atoms with Gasteiger partial charge in [-0.15, -0.1) is 0 Å². The molecule has 0 spiro atoms. The molecule has 0 aromatic rings. The third kappa shape index (κ3) is 4.80. The van der Waals surface area contributed by atoms with Crippen molar-refractivity contribution in [2.75, 3.05) is 26.3 Å². The molecule has 3 N–H and O–H groups in total. The summed E-state index contributed by atoms with van der Waals surface area (Å²) in [6, 6.07) is -1.01. The van der Waals surface area contributed by atoms with Gasteiger partial charge in [0.25, 0.3) is 0 Å². The van der Waals surface area contributed by atoms with Crippen molar-refractivity contribution in [3.05, 3.63) is 0 Å². The number of hydrogen-bond donors (Lipinski definition) is 2. The van der Waals surface area contributed by atoms with Crippen LogP contribution in [0.5, 0.6) is 0 Å². The molecule has 6 nitrogen and oxygen atoms in total. The Kier molecular flexibility index (Phi) is 6.80. The van der Waals surface area contributed by atoms with Crippen molar-refractivity contribution in [2.24, 2.45) is 5.73 Å². The Hall–Kier alpha value is -1.14. The minimum absolute atomic E-state index is 0.0390. The van der Waals surface area contributed by atoms with Crippen LogP contribution in [-0.2, 0) is 14.3 Å². The van der Waals surface area contributed by atoms with Gasteiger partial charge in [0.15, 0.2) is 0 Å². The van der Waals surface area contributed by atoms with Gasteiger partial charge in [-0.3, -0.25) is 9.59 Å². The van der Waals surface area contributed by atoms with Crippen LogP contribution in [0.25, 0.3) is 0 Å². The average molecular weight is 271 g/mol. The zero-order valence-electron chi connectivity index (χ0n) is 11.9. The lowest BCUT2D eigenvalue weighted by atomic mass is 10.1. The van der Waals surface area contributed by atoms with Gasteiger partial charge in [0.05, 0.1) is 19.3 Å². The number of carbonyl (C=O) groups is 2. The van der Waals surface area contributed by atoms with Gasteiger partial charge in [0.1, 0.15) is 6.04 Å². The van der Waals surface area contributed by atoms with E-state index in [2.05, 4.69) is 5.32 Å². The molecule has 1 rings (SSSR count). The fourth-order valence-electron chi connectivity index (χ4n) is 2.06. The standard InChI is InChI=1S/C13H25N3O3/c1-3-5-10(14)12(17)15-11(4-2)13(18)16-6-8-19-9-7-16/h10-11H,3-9,14H2,1-2H3,(H,15,17). The lowest BCUT2D eigenvalue weighted by Gasteiger charge is -2.30. The Bertz CT molecular complexity index is 304. The highest BCUT2D eigenvalue weighted by molar-refractivity contribution is 5.89. The fraction of sp³-hybridized carbons (Fsp3) is 0.846. The second-order valence-electron chi connectivity index (χ2n) is 4.80. The van der Waals surface area contributed by atoms with Crippen LogP contribution < -0.4 is 11.1 Å². The average Bonchev–Trinajstić information content (AvgIpc) is 2.45. The summed E-state index contributed by atoms with van der Waals surface area (Å²) in [5.41, 5.74) is 5.75. The van der Waals surface area contributed by atoms with Crippen LogP contribution in [-0.4, -0.2) is 55.1 Å². The first-order valence-electron chi connectivity index (χ1n) is 7.02. The summed E-state index contributed by atoms with van der Waals surface area (Å²) < 4.78 is 5.21. The number of morpholine rings is 1. The number of nitrogens with zero attached hydrogens (tertiary/aromatic N) is 1. The maximum Gasteiger partial charge on any atom is 0.245 e. The molecular weight excluding hydrogens is 246 g/mol. The van der Waals surface area contributed by atoms with Gasteiger partial charge in [-0.25, -0.2) is 0 Å². The molecule has 1 aliphatic rings. The SMILES string of the molecule is CCCC(N)C(=O)NC(CC)C(=O)N1CCOCC1. The smallest absolute Gasteiger partial charge is 0.245 e. The van der Waals surface area contributed by atoms with Crippen molar-refractivity contribution in [2.45, 2.75) is 45.2 Å². The molecule has 110 valence electrons. The lowest BCUT2D eigenvalue weighted by molar-refractivity contribution is -0.140. The predicted molar refractivity (Wildman–Crippen MR) is 72.5 cm³/mol. The second kappa shape index (κ2) is 8.12. The van der Waals surface area contributed by atoms with Crippen molar-refractivity contribution in [3.8, 4) is 0 Å². The summed E-state index contributed by atoms with van der Waals surface area (Å²) in [6.07, 6.45) is 2.05. The first-order chi connectivity index (χ1) is 9.10. The summed E-state index contributed by atoms with van der Waals surface area (Å²) in [4.78, 5) is 25.9. The Morgan fingerprint density at radius 2 is 1.95 bits per heavy atom. The number of nitrogens with one attached hydrogen (secondary N) is 1. The Morgan fingerprint density at radius 1 is 1.32 bits per heavy atom. The van der Waals surface area contributed by atoms with Crippen LogP contribution in [0.3, 0.4) is 0 Å². The molecule has 1 saturated heterocycles. The highest BCUT2D eigenvalue weighted by Gasteiger charge is 2.27. The van der Waals surface area contributed by atoms with E-state index in [1.807, 2.05) is 13.8 Å². The zero-order valence-corrected chi connectivity index (χ0v) is 11.9. The van der Waals surface area contributed by atoms with E-state index in [0.717, 1.165) is 6.42 Å². The number of ether oxygens (including phenoxy) is 1. The number of nitrogens with two attached hydrogens (primary N) is 1. The van der Waals surface area contributed by atoms with Crippen molar-refractivity contribution in [1.29, 1.82) is 0 Å². The van der Waals surface area contributed by atoms with Crippen LogP contribution in [0.15, 0.2) is 0 Å². The third-order valence-corrected chi connectivity index (χ3v) is 3.28. The Morgan fingerprint density at radius 3 is 2.47 bits per heavy atom. The fourth-order valence-corrected chi connectivity index (χ4v) is 2.06. The van der Waals surface area contributed by atoms with Gasteiger partial charge in [-0.1, -0.05) is 20.3 Å². The minimum Gasteiger partial charge on any atom is -0.378 e. The molecule has 1 heterocycles. The van der Waals surface area contributed by atoms with E-state index in [4.69, 9.17) is 10.5 Å². The third-order valence-electron chi connectivity index (χ3n) is 3.28. The number of hydrogen-bond acceptors (Lipinski definition) is 4. The normalized spacial score (nSPS) is 18.8. The van der Waals surface area contributed by atoms with Crippen molar-refractivity contribution >= 4 is 11.8 Å². The van der Waals surface area contributed by atoms with E-state index in [-0.39, 0.29) is 11.8 Å².